The van der Waals surface area contributed by atoms with Crippen molar-refractivity contribution in [3.8, 4) is 0 Å². The topological polar surface area (TPSA) is 38.3 Å². The Kier molecular flexibility index (Phi) is 5.88. The molecule has 0 bridgehead atoms. The van der Waals surface area contributed by atoms with Crippen LogP contribution < -0.4 is 5.32 Å². The minimum Gasteiger partial charge on any atom is -0.461 e. The molecule has 0 amide bonds. The van der Waals surface area contributed by atoms with Gasteiger partial charge in [0.1, 0.15) is 6.61 Å². The van der Waals surface area contributed by atoms with E-state index in [2.05, 4.69) is 11.9 Å². The molecule has 3 nitrogen and oxygen atoms in total. The van der Waals surface area contributed by atoms with E-state index in [-0.39, 0.29) is 12.6 Å². The highest BCUT2D eigenvalue weighted by atomic mass is 35.5. The molecule has 0 aliphatic rings. The first kappa shape index (κ1) is 10.5. The Morgan fingerprint density at radius 2 is 2.55 bits per heavy atom. The normalized spacial score (nSPS) is 12.2. The van der Waals surface area contributed by atoms with Crippen molar-refractivity contribution in [3.63, 3.8) is 0 Å². The van der Waals surface area contributed by atoms with Gasteiger partial charge in [0.2, 0.25) is 0 Å². The second kappa shape index (κ2) is 6.19. The minimum absolute atomic E-state index is 0.0144. The fraction of sp³-hybridized carbons (Fsp3) is 0.571. The fourth-order valence-electron chi connectivity index (χ4n) is 0.447. The van der Waals surface area contributed by atoms with E-state index in [1.807, 2.05) is 0 Å². The molecule has 0 saturated carbocycles. The molecule has 0 aromatic carbocycles. The first-order valence-corrected chi connectivity index (χ1v) is 3.80. The van der Waals surface area contributed by atoms with Gasteiger partial charge in [-0.25, -0.2) is 4.79 Å². The molecule has 11 heavy (non-hydrogen) atoms. The lowest BCUT2D eigenvalue weighted by Crippen LogP contribution is -2.32. The van der Waals surface area contributed by atoms with Gasteiger partial charge < -0.3 is 10.1 Å². The molecule has 0 heterocycles. The molecule has 0 saturated heterocycles. The minimum atomic E-state index is -0.421. The summed E-state index contributed by atoms with van der Waals surface area (Å²) >= 11 is 5.51. The predicted molar refractivity (Wildman–Crippen MR) is 44.7 cm³/mol. The molecule has 0 rings (SSSR count). The summed E-state index contributed by atoms with van der Waals surface area (Å²) in [6, 6.07) is 0.0144. The third-order valence-electron chi connectivity index (χ3n) is 1.19. The molecule has 1 N–H and O–H groups in total. The van der Waals surface area contributed by atoms with Crippen LogP contribution in [0.3, 0.4) is 0 Å². The van der Waals surface area contributed by atoms with Crippen molar-refractivity contribution < 1.29 is 9.53 Å². The van der Waals surface area contributed by atoms with Crippen LogP contribution in [0, 0.1) is 0 Å². The van der Waals surface area contributed by atoms with Gasteiger partial charge in [-0.2, -0.15) is 0 Å². The Hall–Kier alpha value is -0.540. The summed E-state index contributed by atoms with van der Waals surface area (Å²) in [6.07, 6.45) is 1.13. The van der Waals surface area contributed by atoms with Crippen molar-refractivity contribution in [1.29, 1.82) is 0 Å². The van der Waals surface area contributed by atoms with Gasteiger partial charge in [-0.05, 0) is 7.05 Å². The first-order valence-electron chi connectivity index (χ1n) is 3.27. The smallest absolute Gasteiger partial charge is 0.330 e. The number of hydrogen-bond acceptors (Lipinski definition) is 3. The zero-order valence-electron chi connectivity index (χ0n) is 6.47. The third-order valence-corrected chi connectivity index (χ3v) is 1.56. The molecule has 1 unspecified atom stereocenters. The molecule has 0 aliphatic carbocycles. The highest BCUT2D eigenvalue weighted by molar-refractivity contribution is 6.18. The number of esters is 1. The summed E-state index contributed by atoms with van der Waals surface area (Å²) in [6.45, 7) is 3.54. The van der Waals surface area contributed by atoms with Crippen LogP contribution in [0.4, 0.5) is 0 Å². The van der Waals surface area contributed by atoms with Gasteiger partial charge >= 0.3 is 5.97 Å². The lowest BCUT2D eigenvalue weighted by Gasteiger charge is -2.11. The second-order valence-electron chi connectivity index (χ2n) is 1.97. The van der Waals surface area contributed by atoms with Crippen LogP contribution in [0.5, 0.6) is 0 Å². The summed E-state index contributed by atoms with van der Waals surface area (Å²) in [5.74, 6) is -0.00337. The number of carbonyl (C=O) groups excluding carboxylic acids is 1. The number of halogens is 1. The van der Waals surface area contributed by atoms with E-state index in [1.54, 1.807) is 7.05 Å². The number of nitrogens with one attached hydrogen (secondary N) is 1. The highest BCUT2D eigenvalue weighted by Crippen LogP contribution is 1.89. The van der Waals surface area contributed by atoms with Gasteiger partial charge in [0.05, 0.1) is 6.04 Å². The van der Waals surface area contributed by atoms with Gasteiger partial charge in [-0.1, -0.05) is 6.58 Å². The number of rotatable bonds is 5. The van der Waals surface area contributed by atoms with E-state index in [0.29, 0.717) is 5.88 Å². The summed E-state index contributed by atoms with van der Waals surface area (Å²) in [5.41, 5.74) is 0. The lowest BCUT2D eigenvalue weighted by atomic mass is 10.4. The Balaban J connectivity index is 3.49. The Bertz CT molecular complexity index is 134. The van der Waals surface area contributed by atoms with Crippen LogP contribution in [0.2, 0.25) is 0 Å². The Labute approximate surface area is 71.4 Å². The molecule has 64 valence electrons. The largest absolute Gasteiger partial charge is 0.461 e. The Morgan fingerprint density at radius 1 is 1.91 bits per heavy atom. The van der Waals surface area contributed by atoms with Crippen molar-refractivity contribution in [2.45, 2.75) is 6.04 Å². The maximum Gasteiger partial charge on any atom is 0.330 e. The van der Waals surface area contributed by atoms with Crippen LogP contribution in [0.25, 0.3) is 0 Å². The molecular formula is C7H12ClNO2. The molecule has 0 spiro atoms. The molecule has 0 aliphatic heterocycles. The van der Waals surface area contributed by atoms with E-state index in [0.717, 1.165) is 6.08 Å². The van der Waals surface area contributed by atoms with Crippen LogP contribution in [0.15, 0.2) is 12.7 Å². The SMILES string of the molecule is C=CC(=O)OCC(CCl)NC. The standard InChI is InChI=1S/C7H12ClNO2/c1-3-7(10)11-5-6(4-8)9-2/h3,6,9H,1,4-5H2,2H3. The van der Waals surface area contributed by atoms with Crippen molar-refractivity contribution >= 4 is 17.6 Å². The number of likely N-dealkylation sites (N-methyl/N-ethyl adjacent to an activating group) is 1. The molecule has 0 fully saturated rings. The van der Waals surface area contributed by atoms with Gasteiger partial charge in [-0.15, -0.1) is 11.6 Å². The average molecular weight is 178 g/mol. The third kappa shape index (κ3) is 4.81. The van der Waals surface area contributed by atoms with Crippen LogP contribution in [-0.4, -0.2) is 31.5 Å². The fourth-order valence-corrected chi connectivity index (χ4v) is 0.690. The number of ether oxygens (including phenoxy) is 1. The Morgan fingerprint density at radius 3 is 2.91 bits per heavy atom. The van der Waals surface area contributed by atoms with E-state index >= 15 is 0 Å². The second-order valence-corrected chi connectivity index (χ2v) is 2.28. The molecule has 0 radical (unpaired) electrons. The number of hydrogen-bond donors (Lipinski definition) is 1. The van der Waals surface area contributed by atoms with Crippen molar-refractivity contribution in [1.82, 2.24) is 5.32 Å². The van der Waals surface area contributed by atoms with Crippen molar-refractivity contribution in [2.24, 2.45) is 0 Å². The average Bonchev–Trinajstić information content (AvgIpc) is 2.06. The molecule has 0 aromatic heterocycles. The summed E-state index contributed by atoms with van der Waals surface area (Å²) in [4.78, 5) is 10.5. The van der Waals surface area contributed by atoms with Crippen LogP contribution in [-0.2, 0) is 9.53 Å². The zero-order valence-corrected chi connectivity index (χ0v) is 7.23. The van der Waals surface area contributed by atoms with E-state index in [4.69, 9.17) is 16.3 Å². The maximum absolute atomic E-state index is 10.5. The quantitative estimate of drug-likeness (QED) is 0.379. The summed E-state index contributed by atoms with van der Waals surface area (Å²) in [5, 5.41) is 2.89. The van der Waals surface area contributed by atoms with Gasteiger partial charge in [0.15, 0.2) is 0 Å². The number of carbonyl (C=O) groups is 1. The van der Waals surface area contributed by atoms with Gasteiger partial charge in [0, 0.05) is 12.0 Å². The summed E-state index contributed by atoms with van der Waals surface area (Å²) < 4.78 is 4.73. The van der Waals surface area contributed by atoms with Crippen LogP contribution in [0.1, 0.15) is 0 Å². The van der Waals surface area contributed by atoms with E-state index in [1.165, 1.54) is 0 Å². The van der Waals surface area contributed by atoms with Crippen molar-refractivity contribution in [2.75, 3.05) is 19.5 Å². The first-order chi connectivity index (χ1) is 5.24. The summed E-state index contributed by atoms with van der Waals surface area (Å²) in [7, 11) is 1.76. The van der Waals surface area contributed by atoms with E-state index in [9.17, 15) is 4.79 Å². The molecule has 1 atom stereocenters. The lowest BCUT2D eigenvalue weighted by molar-refractivity contribution is -0.138. The maximum atomic E-state index is 10.5. The monoisotopic (exact) mass is 177 g/mol. The molecular weight excluding hydrogens is 166 g/mol. The van der Waals surface area contributed by atoms with E-state index < -0.39 is 5.97 Å². The van der Waals surface area contributed by atoms with Crippen LogP contribution >= 0.6 is 11.6 Å². The van der Waals surface area contributed by atoms with Gasteiger partial charge in [-0.3, -0.25) is 0 Å². The molecule has 0 aromatic rings. The number of alkyl halides is 1. The van der Waals surface area contributed by atoms with Gasteiger partial charge in [0.25, 0.3) is 0 Å². The molecule has 4 heteroatoms. The predicted octanol–water partition coefficient (Wildman–Crippen LogP) is 0.542. The highest BCUT2D eigenvalue weighted by Gasteiger charge is 2.05. The zero-order chi connectivity index (χ0) is 8.69. The van der Waals surface area contributed by atoms with Crippen molar-refractivity contribution in [3.05, 3.63) is 12.7 Å².